The van der Waals surface area contributed by atoms with Gasteiger partial charge in [-0.15, -0.1) is 0 Å². The number of aldehydes is 1. The van der Waals surface area contributed by atoms with Gasteiger partial charge in [0.2, 0.25) is 0 Å². The summed E-state index contributed by atoms with van der Waals surface area (Å²) in [6, 6.07) is 12.4. The molecule has 0 radical (unpaired) electrons. The minimum absolute atomic E-state index is 0.366. The van der Waals surface area contributed by atoms with E-state index in [1.165, 1.54) is 0 Å². The average Bonchev–Trinajstić information content (AvgIpc) is 2.46. The SMILES string of the molecule is COc1ccc(C=O)c(OCc2ccc(Cl)cc2)c1. The molecule has 0 fully saturated rings. The van der Waals surface area contributed by atoms with Crippen molar-refractivity contribution in [1.29, 1.82) is 0 Å². The summed E-state index contributed by atoms with van der Waals surface area (Å²) >= 11 is 5.81. The van der Waals surface area contributed by atoms with Gasteiger partial charge in [-0.1, -0.05) is 23.7 Å². The zero-order chi connectivity index (χ0) is 13.7. The number of benzene rings is 2. The summed E-state index contributed by atoms with van der Waals surface area (Å²) < 4.78 is 10.8. The van der Waals surface area contributed by atoms with Crippen LogP contribution in [0.25, 0.3) is 0 Å². The van der Waals surface area contributed by atoms with Crippen LogP contribution >= 0.6 is 11.6 Å². The maximum Gasteiger partial charge on any atom is 0.153 e. The largest absolute Gasteiger partial charge is 0.497 e. The maximum absolute atomic E-state index is 10.9. The number of ether oxygens (including phenoxy) is 2. The third-order valence-electron chi connectivity index (χ3n) is 2.66. The highest BCUT2D eigenvalue weighted by molar-refractivity contribution is 6.30. The number of halogens is 1. The van der Waals surface area contributed by atoms with E-state index >= 15 is 0 Å². The van der Waals surface area contributed by atoms with Gasteiger partial charge in [-0.05, 0) is 29.8 Å². The standard InChI is InChI=1S/C15H13ClO3/c1-18-14-7-4-12(9-17)15(8-14)19-10-11-2-5-13(16)6-3-11/h2-9H,10H2,1H3. The van der Waals surface area contributed by atoms with Crippen LogP contribution in [0, 0.1) is 0 Å². The van der Waals surface area contributed by atoms with Crippen LogP contribution in [0.15, 0.2) is 42.5 Å². The number of rotatable bonds is 5. The van der Waals surface area contributed by atoms with Crippen LogP contribution in [-0.4, -0.2) is 13.4 Å². The smallest absolute Gasteiger partial charge is 0.153 e. The molecule has 0 amide bonds. The molecule has 0 atom stereocenters. The lowest BCUT2D eigenvalue weighted by Crippen LogP contribution is -1.98. The maximum atomic E-state index is 10.9. The summed E-state index contributed by atoms with van der Waals surface area (Å²) in [5.41, 5.74) is 1.47. The van der Waals surface area contributed by atoms with Gasteiger partial charge in [0, 0.05) is 11.1 Å². The highest BCUT2D eigenvalue weighted by Gasteiger charge is 2.05. The first-order chi connectivity index (χ1) is 9.22. The van der Waals surface area contributed by atoms with Crippen LogP contribution < -0.4 is 9.47 Å². The zero-order valence-corrected chi connectivity index (χ0v) is 11.2. The van der Waals surface area contributed by atoms with Gasteiger partial charge in [0.05, 0.1) is 12.7 Å². The van der Waals surface area contributed by atoms with E-state index < -0.39 is 0 Å². The molecule has 0 unspecified atom stereocenters. The number of hydrogen-bond acceptors (Lipinski definition) is 3. The normalized spacial score (nSPS) is 10.0. The highest BCUT2D eigenvalue weighted by atomic mass is 35.5. The number of hydrogen-bond donors (Lipinski definition) is 0. The Hall–Kier alpha value is -2.00. The van der Waals surface area contributed by atoms with E-state index in [-0.39, 0.29) is 0 Å². The van der Waals surface area contributed by atoms with Gasteiger partial charge in [0.1, 0.15) is 18.1 Å². The van der Waals surface area contributed by atoms with Crippen molar-refractivity contribution in [1.82, 2.24) is 0 Å². The molecule has 0 aliphatic heterocycles. The number of methoxy groups -OCH3 is 1. The molecule has 4 heteroatoms. The lowest BCUT2D eigenvalue weighted by Gasteiger charge is -2.10. The van der Waals surface area contributed by atoms with E-state index in [2.05, 4.69) is 0 Å². The summed E-state index contributed by atoms with van der Waals surface area (Å²) in [6.07, 6.45) is 0.761. The highest BCUT2D eigenvalue weighted by Crippen LogP contribution is 2.24. The first-order valence-electron chi connectivity index (χ1n) is 5.73. The van der Waals surface area contributed by atoms with Crippen molar-refractivity contribution in [2.45, 2.75) is 6.61 Å². The number of carbonyl (C=O) groups is 1. The summed E-state index contributed by atoms with van der Waals surface area (Å²) in [5, 5.41) is 0.679. The average molecular weight is 277 g/mol. The topological polar surface area (TPSA) is 35.5 Å². The van der Waals surface area contributed by atoms with Crippen LogP contribution in [0.1, 0.15) is 15.9 Å². The molecule has 2 aromatic carbocycles. The van der Waals surface area contributed by atoms with Crippen molar-refractivity contribution in [2.24, 2.45) is 0 Å². The van der Waals surface area contributed by atoms with Crippen LogP contribution in [0.3, 0.4) is 0 Å². The molecule has 0 aliphatic rings. The quantitative estimate of drug-likeness (QED) is 0.781. The fourth-order valence-corrected chi connectivity index (χ4v) is 1.73. The Balaban J connectivity index is 2.13. The molecule has 98 valence electrons. The van der Waals surface area contributed by atoms with Crippen molar-refractivity contribution in [2.75, 3.05) is 7.11 Å². The van der Waals surface area contributed by atoms with Crippen LogP contribution in [0.4, 0.5) is 0 Å². The Morgan fingerprint density at radius 2 is 1.89 bits per heavy atom. The predicted octanol–water partition coefficient (Wildman–Crippen LogP) is 3.74. The molecule has 0 heterocycles. The lowest BCUT2D eigenvalue weighted by molar-refractivity contribution is 0.111. The van der Waals surface area contributed by atoms with E-state index in [0.717, 1.165) is 11.8 Å². The fraction of sp³-hybridized carbons (Fsp3) is 0.133. The predicted molar refractivity (Wildman–Crippen MR) is 74.2 cm³/mol. The Kier molecular flexibility index (Phi) is 4.42. The molecule has 3 nitrogen and oxygen atoms in total. The van der Waals surface area contributed by atoms with Gasteiger partial charge in [-0.3, -0.25) is 4.79 Å². The Labute approximate surface area is 116 Å². The van der Waals surface area contributed by atoms with E-state index in [1.54, 1.807) is 37.4 Å². The second-order valence-corrected chi connectivity index (χ2v) is 4.37. The minimum Gasteiger partial charge on any atom is -0.497 e. The van der Waals surface area contributed by atoms with Crippen LogP contribution in [0.2, 0.25) is 5.02 Å². The molecule has 0 bridgehead atoms. The second kappa shape index (κ2) is 6.25. The Bertz CT molecular complexity index is 564. The van der Waals surface area contributed by atoms with E-state index in [1.807, 2.05) is 12.1 Å². The second-order valence-electron chi connectivity index (χ2n) is 3.94. The van der Waals surface area contributed by atoms with Crippen LogP contribution in [0.5, 0.6) is 11.5 Å². The lowest BCUT2D eigenvalue weighted by atomic mass is 10.2. The molecule has 2 rings (SSSR count). The molecule has 19 heavy (non-hydrogen) atoms. The van der Waals surface area contributed by atoms with E-state index in [0.29, 0.717) is 28.7 Å². The molecule has 0 aromatic heterocycles. The molecule has 0 saturated carbocycles. The van der Waals surface area contributed by atoms with Crippen molar-refractivity contribution in [3.63, 3.8) is 0 Å². The first-order valence-corrected chi connectivity index (χ1v) is 6.11. The third-order valence-corrected chi connectivity index (χ3v) is 2.91. The molecular formula is C15H13ClO3. The van der Waals surface area contributed by atoms with Crippen molar-refractivity contribution in [3.05, 3.63) is 58.6 Å². The third kappa shape index (κ3) is 3.48. The summed E-state index contributed by atoms with van der Waals surface area (Å²) in [5.74, 6) is 1.15. The van der Waals surface area contributed by atoms with Gasteiger partial charge < -0.3 is 9.47 Å². The fourth-order valence-electron chi connectivity index (χ4n) is 1.61. The summed E-state index contributed by atoms with van der Waals surface area (Å²) in [6.45, 7) is 0.366. The summed E-state index contributed by atoms with van der Waals surface area (Å²) in [4.78, 5) is 10.9. The van der Waals surface area contributed by atoms with Crippen LogP contribution in [-0.2, 0) is 6.61 Å². The van der Waals surface area contributed by atoms with E-state index in [9.17, 15) is 4.79 Å². The van der Waals surface area contributed by atoms with Crippen molar-refractivity contribution in [3.8, 4) is 11.5 Å². The monoisotopic (exact) mass is 276 g/mol. The summed E-state index contributed by atoms with van der Waals surface area (Å²) in [7, 11) is 1.57. The molecule has 0 saturated heterocycles. The van der Waals surface area contributed by atoms with E-state index in [4.69, 9.17) is 21.1 Å². The van der Waals surface area contributed by atoms with Gasteiger partial charge in [0.25, 0.3) is 0 Å². The van der Waals surface area contributed by atoms with Crippen molar-refractivity contribution < 1.29 is 14.3 Å². The molecule has 0 N–H and O–H groups in total. The Morgan fingerprint density at radius 3 is 2.53 bits per heavy atom. The zero-order valence-electron chi connectivity index (χ0n) is 10.4. The molecular weight excluding hydrogens is 264 g/mol. The van der Waals surface area contributed by atoms with Gasteiger partial charge in [-0.25, -0.2) is 0 Å². The number of carbonyl (C=O) groups excluding carboxylic acids is 1. The molecule has 0 aliphatic carbocycles. The molecule has 0 spiro atoms. The van der Waals surface area contributed by atoms with Gasteiger partial charge >= 0.3 is 0 Å². The van der Waals surface area contributed by atoms with Gasteiger partial charge in [0.15, 0.2) is 6.29 Å². The minimum atomic E-state index is 0.366. The van der Waals surface area contributed by atoms with Gasteiger partial charge in [-0.2, -0.15) is 0 Å². The Morgan fingerprint density at radius 1 is 1.16 bits per heavy atom. The first kappa shape index (κ1) is 13.4. The molecule has 2 aromatic rings. The van der Waals surface area contributed by atoms with Crippen molar-refractivity contribution >= 4 is 17.9 Å².